The van der Waals surface area contributed by atoms with E-state index in [0.717, 1.165) is 30.6 Å². The topological polar surface area (TPSA) is 29.3 Å². The highest BCUT2D eigenvalue weighted by Crippen LogP contribution is 2.48. The Bertz CT molecular complexity index is 2440. The molecule has 1 aliphatic heterocycles. The molecule has 0 saturated carbocycles. The number of nitrogens with two attached hydrogens (primary N) is 1. The number of benzene rings is 6. The predicted octanol–water partition coefficient (Wildman–Crippen LogP) is 12.3. The van der Waals surface area contributed by atoms with Gasteiger partial charge < -0.3 is 10.6 Å². The zero-order valence-electron chi connectivity index (χ0n) is 28.7. The van der Waals surface area contributed by atoms with Gasteiger partial charge in [-0.15, -0.1) is 0 Å². The second-order valence-corrected chi connectivity index (χ2v) is 13.9. The highest BCUT2D eigenvalue weighted by molar-refractivity contribution is 6.16. The molecular weight excluding hydrogens is 617 g/mol. The SMILES string of the molecule is C=C1c2ccccc2N(CC2C=CC=CC2)/C=C\c2ccc3c(c21)C=CCC3c1ccccc1.Nc1cc2c3c(cccc3c1)-c1ccccc1-2. The Labute approximate surface area is 300 Å². The van der Waals surface area contributed by atoms with Gasteiger partial charge in [0.2, 0.25) is 0 Å². The van der Waals surface area contributed by atoms with Crippen molar-refractivity contribution in [3.8, 4) is 22.3 Å². The molecule has 0 aromatic heterocycles. The van der Waals surface area contributed by atoms with Crippen LogP contribution in [-0.2, 0) is 0 Å². The minimum atomic E-state index is 0.381. The molecule has 0 fully saturated rings. The fraction of sp³-hybridized carbons (Fsp3) is 0.102. The molecule has 51 heavy (non-hydrogen) atoms. The van der Waals surface area contributed by atoms with E-state index in [1.54, 1.807) is 0 Å². The molecule has 0 bridgehead atoms. The van der Waals surface area contributed by atoms with Gasteiger partial charge >= 0.3 is 0 Å². The minimum absolute atomic E-state index is 0.381. The van der Waals surface area contributed by atoms with Crippen molar-refractivity contribution in [3.63, 3.8) is 0 Å². The number of rotatable bonds is 3. The zero-order chi connectivity index (χ0) is 34.3. The Kier molecular flexibility index (Phi) is 7.86. The molecule has 1 heterocycles. The molecule has 10 rings (SSSR count). The van der Waals surface area contributed by atoms with E-state index in [9.17, 15) is 0 Å². The molecule has 0 saturated heterocycles. The van der Waals surface area contributed by atoms with Crippen molar-refractivity contribution in [1.82, 2.24) is 0 Å². The van der Waals surface area contributed by atoms with Gasteiger partial charge in [0.1, 0.15) is 0 Å². The molecule has 0 amide bonds. The standard InChI is InChI=1S/C33H29N.C16H11N/c1-24-28-15-8-9-18-32(28)34(23-25-11-4-2-5-12-25)22-21-27-19-20-30-29(26-13-6-3-7-14-26)16-10-17-31(30)33(24)27;17-11-8-10-4-3-7-14-12-5-1-2-6-13(12)15(9-11)16(10)14/h2-11,13-15,17-22,25,29H,1,12,16,23H2;1-9H,17H2/b22-21-;. The highest BCUT2D eigenvalue weighted by Gasteiger charge is 2.26. The monoisotopic (exact) mass is 656 g/mol. The smallest absolute Gasteiger partial charge is 0.0485 e. The maximum Gasteiger partial charge on any atom is 0.0485 e. The van der Waals surface area contributed by atoms with Crippen LogP contribution in [0.5, 0.6) is 0 Å². The van der Waals surface area contributed by atoms with E-state index >= 15 is 0 Å². The Hall–Kier alpha value is -6.12. The lowest BCUT2D eigenvalue weighted by Crippen LogP contribution is -2.25. The summed E-state index contributed by atoms with van der Waals surface area (Å²) in [6.07, 6.45) is 20.2. The third-order valence-corrected chi connectivity index (χ3v) is 10.8. The Balaban J connectivity index is 0.000000170. The van der Waals surface area contributed by atoms with Gasteiger partial charge in [0.15, 0.2) is 0 Å². The summed E-state index contributed by atoms with van der Waals surface area (Å²) in [7, 11) is 0. The van der Waals surface area contributed by atoms with E-state index < -0.39 is 0 Å². The van der Waals surface area contributed by atoms with Crippen LogP contribution in [0.4, 0.5) is 11.4 Å². The zero-order valence-corrected chi connectivity index (χ0v) is 28.7. The number of nitrogens with zero attached hydrogens (tertiary/aromatic N) is 1. The van der Waals surface area contributed by atoms with E-state index in [2.05, 4.69) is 175 Å². The van der Waals surface area contributed by atoms with Crippen LogP contribution in [-0.4, -0.2) is 6.54 Å². The number of allylic oxidation sites excluding steroid dienone is 4. The molecule has 2 atom stereocenters. The van der Waals surface area contributed by atoms with Gasteiger partial charge in [0.05, 0.1) is 0 Å². The van der Waals surface area contributed by atoms with Crippen molar-refractivity contribution in [2.45, 2.75) is 18.8 Å². The number of anilines is 2. The molecule has 0 radical (unpaired) electrons. The van der Waals surface area contributed by atoms with Crippen LogP contribution < -0.4 is 10.6 Å². The van der Waals surface area contributed by atoms with Crippen LogP contribution in [0.25, 0.3) is 50.8 Å². The maximum absolute atomic E-state index is 5.98. The van der Waals surface area contributed by atoms with Crippen molar-refractivity contribution < 1.29 is 0 Å². The van der Waals surface area contributed by atoms with Crippen LogP contribution >= 0.6 is 0 Å². The molecular formula is C49H40N2. The fourth-order valence-electron chi connectivity index (χ4n) is 8.45. The second-order valence-electron chi connectivity index (χ2n) is 13.9. The van der Waals surface area contributed by atoms with E-state index in [0.29, 0.717) is 11.8 Å². The summed E-state index contributed by atoms with van der Waals surface area (Å²) >= 11 is 0. The number of fused-ring (bicyclic) bond motifs is 7. The first kappa shape index (κ1) is 30.9. The first-order valence-electron chi connectivity index (χ1n) is 18.0. The van der Waals surface area contributed by atoms with E-state index in [-0.39, 0.29) is 0 Å². The largest absolute Gasteiger partial charge is 0.399 e. The van der Waals surface area contributed by atoms with Crippen LogP contribution in [0.2, 0.25) is 0 Å². The molecule has 2 N–H and O–H groups in total. The van der Waals surface area contributed by atoms with E-state index in [4.69, 9.17) is 5.73 Å². The average molecular weight is 657 g/mol. The summed E-state index contributed by atoms with van der Waals surface area (Å²) < 4.78 is 0. The van der Waals surface area contributed by atoms with Gasteiger partial charge in [0, 0.05) is 35.6 Å². The molecule has 6 aromatic rings. The van der Waals surface area contributed by atoms with E-state index in [1.807, 2.05) is 6.07 Å². The maximum atomic E-state index is 5.98. The third kappa shape index (κ3) is 5.54. The Morgan fingerprint density at radius 3 is 2.25 bits per heavy atom. The van der Waals surface area contributed by atoms with Gasteiger partial charge in [-0.05, 0) is 109 Å². The van der Waals surface area contributed by atoms with Crippen LogP contribution in [0, 0.1) is 5.92 Å². The molecule has 2 nitrogen and oxygen atoms in total. The first-order chi connectivity index (χ1) is 25.1. The Morgan fingerprint density at radius 2 is 1.43 bits per heavy atom. The van der Waals surface area contributed by atoms with Crippen LogP contribution in [0.15, 0.2) is 164 Å². The van der Waals surface area contributed by atoms with Gasteiger partial charge in [-0.1, -0.05) is 146 Å². The summed E-state index contributed by atoms with van der Waals surface area (Å²) in [4.78, 5) is 2.40. The molecule has 6 aromatic carbocycles. The molecule has 246 valence electrons. The van der Waals surface area contributed by atoms with Crippen molar-refractivity contribution in [1.29, 1.82) is 0 Å². The average Bonchev–Trinajstić information content (AvgIpc) is 3.50. The van der Waals surface area contributed by atoms with Crippen LogP contribution in [0.1, 0.15) is 52.1 Å². The van der Waals surface area contributed by atoms with Gasteiger partial charge in [-0.25, -0.2) is 0 Å². The lowest BCUT2D eigenvalue weighted by atomic mass is 9.77. The molecule has 2 unspecified atom stereocenters. The summed E-state index contributed by atoms with van der Waals surface area (Å²) in [6, 6.07) is 43.3. The molecule has 0 spiro atoms. The van der Waals surface area contributed by atoms with Gasteiger partial charge in [0.25, 0.3) is 0 Å². The lowest BCUT2D eigenvalue weighted by Gasteiger charge is -2.31. The van der Waals surface area contributed by atoms with Crippen molar-refractivity contribution in [2.24, 2.45) is 5.92 Å². The Morgan fingerprint density at radius 1 is 0.667 bits per heavy atom. The lowest BCUT2D eigenvalue weighted by molar-refractivity contribution is 0.655. The summed E-state index contributed by atoms with van der Waals surface area (Å²) in [5.41, 5.74) is 22.2. The number of para-hydroxylation sites is 1. The quantitative estimate of drug-likeness (QED) is 0.192. The van der Waals surface area contributed by atoms with Gasteiger partial charge in [-0.2, -0.15) is 0 Å². The van der Waals surface area contributed by atoms with Crippen molar-refractivity contribution >= 4 is 39.9 Å². The molecule has 2 heteroatoms. The van der Waals surface area contributed by atoms with E-state index in [1.165, 1.54) is 72.1 Å². The number of hydrogen-bond donors (Lipinski definition) is 1. The summed E-state index contributed by atoms with van der Waals surface area (Å²) in [6.45, 7) is 5.62. The van der Waals surface area contributed by atoms with Crippen LogP contribution in [0.3, 0.4) is 0 Å². The number of hydrogen-bond acceptors (Lipinski definition) is 2. The normalized spacial score (nSPS) is 18.1. The highest BCUT2D eigenvalue weighted by atomic mass is 15.1. The van der Waals surface area contributed by atoms with Crippen molar-refractivity contribution in [3.05, 3.63) is 198 Å². The van der Waals surface area contributed by atoms with Gasteiger partial charge in [-0.3, -0.25) is 0 Å². The second kappa shape index (κ2) is 13.0. The van der Waals surface area contributed by atoms with Crippen molar-refractivity contribution in [2.75, 3.05) is 17.2 Å². The summed E-state index contributed by atoms with van der Waals surface area (Å²) in [5.74, 6) is 0.888. The predicted molar refractivity (Wildman–Crippen MR) is 219 cm³/mol. The number of nitrogen functional groups attached to an aromatic ring is 1. The molecule has 4 aliphatic rings. The fourth-order valence-corrected chi connectivity index (χ4v) is 8.45. The first-order valence-corrected chi connectivity index (χ1v) is 18.0. The minimum Gasteiger partial charge on any atom is -0.399 e. The summed E-state index contributed by atoms with van der Waals surface area (Å²) in [5, 5.41) is 2.57. The third-order valence-electron chi connectivity index (χ3n) is 10.8. The molecule has 3 aliphatic carbocycles.